The number of nitrogens with zero attached hydrogens (tertiary/aromatic N) is 1. The smallest absolute Gasteiger partial charge is 0.0710 e. The molecular formula is C12H16BrNO. The van der Waals surface area contributed by atoms with Gasteiger partial charge in [0.2, 0.25) is 0 Å². The van der Waals surface area contributed by atoms with Crippen molar-refractivity contribution in [1.29, 1.82) is 0 Å². The van der Waals surface area contributed by atoms with Crippen LogP contribution in [0.25, 0.3) is 0 Å². The van der Waals surface area contributed by atoms with E-state index in [0.29, 0.717) is 6.10 Å². The highest BCUT2D eigenvalue weighted by Gasteiger charge is 2.22. The van der Waals surface area contributed by atoms with Gasteiger partial charge in [-0.25, -0.2) is 0 Å². The molecule has 82 valence electrons. The van der Waals surface area contributed by atoms with E-state index in [2.05, 4.69) is 45.1 Å². The molecule has 1 aromatic rings. The van der Waals surface area contributed by atoms with Crippen molar-refractivity contribution in [2.24, 2.45) is 0 Å². The summed E-state index contributed by atoms with van der Waals surface area (Å²) < 4.78 is 6.56. The lowest BCUT2D eigenvalue weighted by atomic mass is 10.2. The third kappa shape index (κ3) is 2.80. The summed E-state index contributed by atoms with van der Waals surface area (Å²) in [5, 5.41) is 0. The fourth-order valence-corrected chi connectivity index (χ4v) is 2.41. The molecule has 0 N–H and O–H groups in total. The Kier molecular flexibility index (Phi) is 3.78. The molecule has 1 aliphatic rings. The Labute approximate surface area is 99.4 Å². The number of hydrogen-bond donors (Lipinski definition) is 0. The van der Waals surface area contributed by atoms with Crippen molar-refractivity contribution in [2.45, 2.75) is 19.1 Å². The molecule has 1 aromatic carbocycles. The van der Waals surface area contributed by atoms with E-state index >= 15 is 0 Å². The second-order valence-corrected chi connectivity index (χ2v) is 4.83. The quantitative estimate of drug-likeness (QED) is 0.837. The highest BCUT2D eigenvalue weighted by atomic mass is 79.9. The first-order valence-corrected chi connectivity index (χ1v) is 6.07. The molecule has 1 atom stereocenters. The second kappa shape index (κ2) is 5.10. The van der Waals surface area contributed by atoms with E-state index in [0.717, 1.165) is 26.1 Å². The summed E-state index contributed by atoms with van der Waals surface area (Å²) in [5.41, 5.74) is 1.36. The van der Waals surface area contributed by atoms with E-state index in [4.69, 9.17) is 4.74 Å². The van der Waals surface area contributed by atoms with Crippen LogP contribution in [0.4, 0.5) is 0 Å². The van der Waals surface area contributed by atoms with E-state index in [9.17, 15) is 0 Å². The summed E-state index contributed by atoms with van der Waals surface area (Å²) in [7, 11) is 1.80. The molecule has 15 heavy (non-hydrogen) atoms. The van der Waals surface area contributed by atoms with Crippen LogP contribution in [0.2, 0.25) is 0 Å². The number of ether oxygens (including phenoxy) is 1. The molecule has 0 spiro atoms. The van der Waals surface area contributed by atoms with Gasteiger partial charge in [0.25, 0.3) is 0 Å². The lowest BCUT2D eigenvalue weighted by Crippen LogP contribution is -2.22. The Hall–Kier alpha value is -0.380. The minimum Gasteiger partial charge on any atom is -0.380 e. The highest BCUT2D eigenvalue weighted by molar-refractivity contribution is 9.10. The van der Waals surface area contributed by atoms with Crippen LogP contribution in [0.1, 0.15) is 12.0 Å². The van der Waals surface area contributed by atoms with E-state index in [-0.39, 0.29) is 0 Å². The molecular weight excluding hydrogens is 254 g/mol. The Morgan fingerprint density at radius 1 is 1.47 bits per heavy atom. The summed E-state index contributed by atoms with van der Waals surface area (Å²) in [4.78, 5) is 2.44. The summed E-state index contributed by atoms with van der Waals surface area (Å²) in [5.74, 6) is 0. The largest absolute Gasteiger partial charge is 0.380 e. The molecule has 0 amide bonds. The third-order valence-electron chi connectivity index (χ3n) is 2.91. The number of benzene rings is 1. The SMILES string of the molecule is CO[C@@H]1CCN(Cc2ccccc2Br)C1. The van der Waals surface area contributed by atoms with Gasteiger partial charge in [0.05, 0.1) is 6.10 Å². The highest BCUT2D eigenvalue weighted by Crippen LogP contribution is 2.20. The predicted molar refractivity (Wildman–Crippen MR) is 64.8 cm³/mol. The van der Waals surface area contributed by atoms with Crippen LogP contribution in [0, 0.1) is 0 Å². The van der Waals surface area contributed by atoms with Crippen LogP contribution in [0.15, 0.2) is 28.7 Å². The molecule has 1 aliphatic heterocycles. The van der Waals surface area contributed by atoms with Crippen molar-refractivity contribution >= 4 is 15.9 Å². The summed E-state index contributed by atoms with van der Waals surface area (Å²) in [6.45, 7) is 3.21. The summed E-state index contributed by atoms with van der Waals surface area (Å²) in [6.07, 6.45) is 1.58. The first-order valence-electron chi connectivity index (χ1n) is 5.28. The zero-order chi connectivity index (χ0) is 10.7. The number of methoxy groups -OCH3 is 1. The monoisotopic (exact) mass is 269 g/mol. The van der Waals surface area contributed by atoms with E-state index < -0.39 is 0 Å². The number of rotatable bonds is 3. The Balaban J connectivity index is 1.96. The first-order chi connectivity index (χ1) is 7.29. The Morgan fingerprint density at radius 2 is 2.27 bits per heavy atom. The molecule has 1 saturated heterocycles. The average Bonchev–Trinajstić information content (AvgIpc) is 2.69. The molecule has 0 unspecified atom stereocenters. The number of likely N-dealkylation sites (tertiary alicyclic amines) is 1. The van der Waals surface area contributed by atoms with Crippen LogP contribution < -0.4 is 0 Å². The minimum atomic E-state index is 0.424. The first kappa shape index (κ1) is 11.1. The van der Waals surface area contributed by atoms with Gasteiger partial charge in [0.1, 0.15) is 0 Å². The Morgan fingerprint density at radius 3 is 2.93 bits per heavy atom. The van der Waals surface area contributed by atoms with Gasteiger partial charge >= 0.3 is 0 Å². The maximum absolute atomic E-state index is 5.36. The molecule has 0 bridgehead atoms. The van der Waals surface area contributed by atoms with Gasteiger partial charge in [0.15, 0.2) is 0 Å². The average molecular weight is 270 g/mol. The normalized spacial score (nSPS) is 22.1. The molecule has 0 radical (unpaired) electrons. The van der Waals surface area contributed by atoms with Gasteiger partial charge in [-0.3, -0.25) is 4.90 Å². The molecule has 2 rings (SSSR count). The van der Waals surface area contributed by atoms with E-state index in [1.165, 1.54) is 10.0 Å². The third-order valence-corrected chi connectivity index (χ3v) is 3.69. The fraction of sp³-hybridized carbons (Fsp3) is 0.500. The topological polar surface area (TPSA) is 12.5 Å². The molecule has 1 fully saturated rings. The van der Waals surface area contributed by atoms with Crippen LogP contribution >= 0.6 is 15.9 Å². The van der Waals surface area contributed by atoms with Crippen molar-refractivity contribution in [3.63, 3.8) is 0 Å². The Bertz CT molecular complexity index is 329. The number of hydrogen-bond acceptors (Lipinski definition) is 2. The zero-order valence-electron chi connectivity index (χ0n) is 8.95. The lowest BCUT2D eigenvalue weighted by molar-refractivity contribution is 0.107. The molecule has 0 saturated carbocycles. The van der Waals surface area contributed by atoms with Crippen molar-refractivity contribution in [2.75, 3.05) is 20.2 Å². The van der Waals surface area contributed by atoms with Crippen molar-refractivity contribution in [3.05, 3.63) is 34.3 Å². The molecule has 0 aliphatic carbocycles. The standard InChI is InChI=1S/C12H16BrNO/c1-15-11-6-7-14(9-11)8-10-4-2-3-5-12(10)13/h2-5,11H,6-9H2,1H3/t11-/m1/s1. The van der Waals surface area contributed by atoms with Gasteiger partial charge in [-0.15, -0.1) is 0 Å². The van der Waals surface area contributed by atoms with Crippen molar-refractivity contribution in [1.82, 2.24) is 4.90 Å². The maximum Gasteiger partial charge on any atom is 0.0710 e. The molecule has 2 nitrogen and oxygen atoms in total. The lowest BCUT2D eigenvalue weighted by Gasteiger charge is -2.16. The van der Waals surface area contributed by atoms with Gasteiger partial charge in [0, 0.05) is 31.2 Å². The zero-order valence-corrected chi connectivity index (χ0v) is 10.5. The molecule has 1 heterocycles. The van der Waals surface area contributed by atoms with Crippen LogP contribution in [-0.4, -0.2) is 31.2 Å². The molecule has 3 heteroatoms. The van der Waals surface area contributed by atoms with Gasteiger partial charge in [-0.1, -0.05) is 34.1 Å². The van der Waals surface area contributed by atoms with Gasteiger partial charge < -0.3 is 4.74 Å². The van der Waals surface area contributed by atoms with Crippen LogP contribution in [0.5, 0.6) is 0 Å². The maximum atomic E-state index is 5.36. The fourth-order valence-electron chi connectivity index (χ4n) is 2.00. The van der Waals surface area contributed by atoms with E-state index in [1.807, 2.05) is 0 Å². The summed E-state index contributed by atoms with van der Waals surface area (Å²) >= 11 is 3.58. The van der Waals surface area contributed by atoms with E-state index in [1.54, 1.807) is 7.11 Å². The van der Waals surface area contributed by atoms with Crippen molar-refractivity contribution < 1.29 is 4.74 Å². The van der Waals surface area contributed by atoms with Crippen molar-refractivity contribution in [3.8, 4) is 0 Å². The number of halogens is 1. The molecule has 0 aromatic heterocycles. The minimum absolute atomic E-state index is 0.424. The predicted octanol–water partition coefficient (Wildman–Crippen LogP) is 2.67. The van der Waals surface area contributed by atoms with Gasteiger partial charge in [-0.05, 0) is 18.1 Å². The van der Waals surface area contributed by atoms with Crippen LogP contribution in [0.3, 0.4) is 0 Å². The van der Waals surface area contributed by atoms with Crippen LogP contribution in [-0.2, 0) is 11.3 Å². The second-order valence-electron chi connectivity index (χ2n) is 3.97. The summed E-state index contributed by atoms with van der Waals surface area (Å²) in [6, 6.07) is 8.41. The van der Waals surface area contributed by atoms with Gasteiger partial charge in [-0.2, -0.15) is 0 Å².